The van der Waals surface area contributed by atoms with Gasteiger partial charge in [0.05, 0.1) is 12.2 Å². The van der Waals surface area contributed by atoms with Crippen LogP contribution in [0.15, 0.2) is 24.4 Å². The number of carboxylic acid groups (broad SMARTS) is 1. The van der Waals surface area contributed by atoms with Gasteiger partial charge in [-0.1, -0.05) is 19.9 Å². The average Bonchev–Trinajstić information content (AvgIpc) is 2.36. The Bertz CT molecular complexity index is 440. The Balaban J connectivity index is 0.00000361. The molecule has 0 aromatic carbocycles. The molecule has 1 rings (SSSR count). The van der Waals surface area contributed by atoms with Crippen molar-refractivity contribution < 1.29 is 14.7 Å². The van der Waals surface area contributed by atoms with Crippen molar-refractivity contribution in [3.05, 3.63) is 30.1 Å². The van der Waals surface area contributed by atoms with Crippen molar-refractivity contribution in [2.24, 2.45) is 5.92 Å². The first-order valence-electron chi connectivity index (χ1n) is 6.07. The summed E-state index contributed by atoms with van der Waals surface area (Å²) in [6.07, 6.45) is 1.64. The van der Waals surface area contributed by atoms with Gasteiger partial charge in [-0.25, -0.2) is 9.59 Å². The summed E-state index contributed by atoms with van der Waals surface area (Å²) in [6.45, 7) is 3.80. The van der Waals surface area contributed by atoms with Crippen LogP contribution in [0.3, 0.4) is 0 Å². The number of urea groups is 1. The molecule has 0 saturated heterocycles. The molecular formula is C13H20N3NaO3. The first-order valence-corrected chi connectivity index (χ1v) is 6.07. The quantitative estimate of drug-likeness (QED) is 0.781. The fraction of sp³-hybridized carbons (Fsp3) is 0.462. The van der Waals surface area contributed by atoms with Crippen LogP contribution >= 0.6 is 0 Å². The molecule has 0 aliphatic carbocycles. The van der Waals surface area contributed by atoms with Gasteiger partial charge >= 0.3 is 41.6 Å². The number of rotatable bonds is 5. The monoisotopic (exact) mass is 289 g/mol. The van der Waals surface area contributed by atoms with Crippen LogP contribution in [0.2, 0.25) is 0 Å². The molecule has 1 heterocycles. The minimum atomic E-state index is -1.01. The number of likely N-dealkylation sites (N-methyl/N-ethyl adjacent to an activating group) is 1. The number of nitrogens with zero attached hydrogens (tertiary/aromatic N) is 2. The summed E-state index contributed by atoms with van der Waals surface area (Å²) in [7, 11) is 1.48. The molecule has 2 amide bonds. The van der Waals surface area contributed by atoms with Crippen molar-refractivity contribution in [2.45, 2.75) is 26.4 Å². The standard InChI is InChI=1S/C13H19N3O3.Na.H/c1-9(2)11(12(17)18)16(3)13(19)15-8-10-6-4-5-7-14-10;;/h4-7,9,11H,8H2,1-3H3,(H,15,19)(H,17,18);;. The van der Waals surface area contributed by atoms with Gasteiger partial charge in [0, 0.05) is 13.2 Å². The predicted molar refractivity (Wildman–Crippen MR) is 77.6 cm³/mol. The second kappa shape index (κ2) is 8.94. The fourth-order valence-electron chi connectivity index (χ4n) is 1.82. The zero-order valence-electron chi connectivity index (χ0n) is 11.3. The number of carbonyl (C=O) groups is 2. The summed E-state index contributed by atoms with van der Waals surface area (Å²) >= 11 is 0. The van der Waals surface area contributed by atoms with Crippen molar-refractivity contribution in [3.8, 4) is 0 Å². The van der Waals surface area contributed by atoms with E-state index in [0.29, 0.717) is 0 Å². The first-order chi connectivity index (χ1) is 8.93. The van der Waals surface area contributed by atoms with E-state index in [0.717, 1.165) is 5.69 Å². The van der Waals surface area contributed by atoms with E-state index in [9.17, 15) is 9.59 Å². The van der Waals surface area contributed by atoms with Crippen molar-refractivity contribution in [1.82, 2.24) is 15.2 Å². The van der Waals surface area contributed by atoms with Crippen LogP contribution in [0.4, 0.5) is 4.79 Å². The minimum absolute atomic E-state index is 0. The molecule has 20 heavy (non-hydrogen) atoms. The number of aliphatic carboxylic acids is 1. The molecule has 0 aliphatic heterocycles. The summed E-state index contributed by atoms with van der Waals surface area (Å²) in [5.41, 5.74) is 0.723. The average molecular weight is 289 g/mol. The molecule has 1 unspecified atom stereocenters. The number of carboxylic acids is 1. The Kier molecular flexibility index (Phi) is 8.45. The van der Waals surface area contributed by atoms with Gasteiger partial charge in [-0.15, -0.1) is 0 Å². The number of nitrogens with one attached hydrogen (secondary N) is 1. The zero-order chi connectivity index (χ0) is 14.4. The SMILES string of the molecule is CC(C)C(C(=O)O)N(C)C(=O)NCc1ccccn1.[NaH]. The van der Waals surface area contributed by atoms with E-state index >= 15 is 0 Å². The van der Waals surface area contributed by atoms with Crippen LogP contribution in [0.5, 0.6) is 0 Å². The third-order valence-corrected chi connectivity index (χ3v) is 2.77. The molecule has 0 saturated carbocycles. The van der Waals surface area contributed by atoms with E-state index < -0.39 is 18.0 Å². The number of hydrogen-bond acceptors (Lipinski definition) is 3. The molecule has 0 aliphatic rings. The van der Waals surface area contributed by atoms with Crippen molar-refractivity contribution in [3.63, 3.8) is 0 Å². The second-order valence-corrected chi connectivity index (χ2v) is 4.62. The molecule has 0 fully saturated rings. The van der Waals surface area contributed by atoms with E-state index in [1.165, 1.54) is 11.9 Å². The maximum absolute atomic E-state index is 11.9. The zero-order valence-corrected chi connectivity index (χ0v) is 11.3. The van der Waals surface area contributed by atoms with E-state index in [1.54, 1.807) is 32.2 Å². The fourth-order valence-corrected chi connectivity index (χ4v) is 1.82. The second-order valence-electron chi connectivity index (χ2n) is 4.62. The normalized spacial score (nSPS) is 11.4. The summed E-state index contributed by atoms with van der Waals surface area (Å²) < 4.78 is 0. The Hall–Kier alpha value is -1.11. The Morgan fingerprint density at radius 1 is 1.40 bits per heavy atom. The van der Waals surface area contributed by atoms with Crippen molar-refractivity contribution in [1.29, 1.82) is 0 Å². The van der Waals surface area contributed by atoms with Crippen molar-refractivity contribution in [2.75, 3.05) is 7.05 Å². The molecule has 0 spiro atoms. The van der Waals surface area contributed by atoms with E-state index in [1.807, 2.05) is 6.07 Å². The Morgan fingerprint density at radius 3 is 2.50 bits per heavy atom. The van der Waals surface area contributed by atoms with Gasteiger partial charge in [0.15, 0.2) is 0 Å². The molecule has 1 aromatic rings. The van der Waals surface area contributed by atoms with Crippen LogP contribution in [0.1, 0.15) is 19.5 Å². The van der Waals surface area contributed by atoms with Crippen LogP contribution in [0.25, 0.3) is 0 Å². The van der Waals surface area contributed by atoms with E-state index in [-0.39, 0.29) is 42.0 Å². The van der Waals surface area contributed by atoms with Gasteiger partial charge < -0.3 is 15.3 Å². The van der Waals surface area contributed by atoms with Gasteiger partial charge in [0.2, 0.25) is 0 Å². The molecular weight excluding hydrogens is 269 g/mol. The molecule has 1 atom stereocenters. The number of pyridine rings is 1. The first kappa shape index (κ1) is 18.9. The summed E-state index contributed by atoms with van der Waals surface area (Å²) in [4.78, 5) is 28.3. The number of aromatic nitrogens is 1. The molecule has 1 aromatic heterocycles. The van der Waals surface area contributed by atoms with Gasteiger partial charge in [0.25, 0.3) is 0 Å². The van der Waals surface area contributed by atoms with Crippen LogP contribution in [-0.2, 0) is 11.3 Å². The Labute approximate surface area is 140 Å². The molecule has 0 bridgehead atoms. The van der Waals surface area contributed by atoms with E-state index in [4.69, 9.17) is 5.11 Å². The number of hydrogen-bond donors (Lipinski definition) is 2. The molecule has 2 N–H and O–H groups in total. The number of carbonyl (C=O) groups excluding carboxylic acids is 1. The summed E-state index contributed by atoms with van der Waals surface area (Å²) in [6, 6.07) is 4.14. The van der Waals surface area contributed by atoms with Gasteiger partial charge in [0.1, 0.15) is 6.04 Å². The van der Waals surface area contributed by atoms with Gasteiger partial charge in [-0.3, -0.25) is 4.98 Å². The number of amides is 2. The maximum atomic E-state index is 11.9. The van der Waals surface area contributed by atoms with Crippen LogP contribution in [-0.4, -0.2) is 69.6 Å². The molecule has 7 heteroatoms. The third kappa shape index (κ3) is 5.48. The predicted octanol–water partition coefficient (Wildman–Crippen LogP) is 0.684. The van der Waals surface area contributed by atoms with Gasteiger partial charge in [-0.2, -0.15) is 0 Å². The van der Waals surface area contributed by atoms with Crippen molar-refractivity contribution >= 4 is 41.6 Å². The van der Waals surface area contributed by atoms with Crippen LogP contribution < -0.4 is 5.32 Å². The van der Waals surface area contributed by atoms with Gasteiger partial charge in [-0.05, 0) is 18.1 Å². The van der Waals surface area contributed by atoms with Crippen LogP contribution in [0, 0.1) is 5.92 Å². The molecule has 106 valence electrons. The Morgan fingerprint density at radius 2 is 2.05 bits per heavy atom. The third-order valence-electron chi connectivity index (χ3n) is 2.77. The van der Waals surface area contributed by atoms with E-state index in [2.05, 4.69) is 10.3 Å². The molecule has 0 radical (unpaired) electrons. The summed E-state index contributed by atoms with van der Waals surface area (Å²) in [5.74, 6) is -1.17. The summed E-state index contributed by atoms with van der Waals surface area (Å²) in [5, 5.41) is 11.8. The topological polar surface area (TPSA) is 82.5 Å². The molecule has 6 nitrogen and oxygen atoms in total.